The Kier molecular flexibility index (Phi) is 5.02. The molecule has 2 rings (SSSR count). The van der Waals surface area contributed by atoms with E-state index in [9.17, 15) is 0 Å². The lowest BCUT2D eigenvalue weighted by molar-refractivity contribution is 0.396. The molecule has 1 aliphatic carbocycles. The van der Waals surface area contributed by atoms with Gasteiger partial charge in [0, 0.05) is 25.2 Å². The van der Waals surface area contributed by atoms with Crippen LogP contribution < -0.4 is 10.1 Å². The van der Waals surface area contributed by atoms with Crippen LogP contribution in [0.15, 0.2) is 24.3 Å². The van der Waals surface area contributed by atoms with Crippen molar-refractivity contribution in [1.29, 1.82) is 0 Å². The third-order valence-electron chi connectivity index (χ3n) is 3.63. The van der Waals surface area contributed by atoms with Crippen molar-refractivity contribution in [3.8, 4) is 5.75 Å². The summed E-state index contributed by atoms with van der Waals surface area (Å²) in [6, 6.07) is 8.63. The van der Waals surface area contributed by atoms with E-state index in [-0.39, 0.29) is 0 Å². The second-order valence-corrected chi connectivity index (χ2v) is 5.49. The third kappa shape index (κ3) is 3.83. The smallest absolute Gasteiger partial charge is 0.169 e. The molecule has 4 heteroatoms. The van der Waals surface area contributed by atoms with Gasteiger partial charge >= 0.3 is 0 Å². The fourth-order valence-corrected chi connectivity index (χ4v) is 2.75. The van der Waals surface area contributed by atoms with Crippen molar-refractivity contribution in [2.24, 2.45) is 0 Å². The monoisotopic (exact) mass is 278 g/mol. The van der Waals surface area contributed by atoms with Gasteiger partial charge in [-0.05, 0) is 31.1 Å². The van der Waals surface area contributed by atoms with Crippen molar-refractivity contribution in [2.75, 3.05) is 14.2 Å². The van der Waals surface area contributed by atoms with E-state index in [0.29, 0.717) is 6.04 Å². The van der Waals surface area contributed by atoms with Crippen LogP contribution in [-0.2, 0) is 6.54 Å². The molecule has 1 aliphatic rings. The largest absolute Gasteiger partial charge is 0.496 e. The van der Waals surface area contributed by atoms with E-state index in [1.807, 2.05) is 25.2 Å². The molecule has 0 amide bonds. The standard InChI is InChI=1S/C15H22N2OS/c1-17(15(19)16-13-8-4-5-9-13)11-12-7-3-6-10-14(12)18-2/h3,6-7,10,13H,4-5,8-9,11H2,1-2H3,(H,16,19). The molecule has 0 radical (unpaired) electrons. The zero-order valence-electron chi connectivity index (χ0n) is 11.7. The summed E-state index contributed by atoms with van der Waals surface area (Å²) in [6.45, 7) is 0.766. The minimum absolute atomic E-state index is 0.563. The van der Waals surface area contributed by atoms with Gasteiger partial charge in [0.25, 0.3) is 0 Å². The predicted molar refractivity (Wildman–Crippen MR) is 82.5 cm³/mol. The van der Waals surface area contributed by atoms with E-state index in [0.717, 1.165) is 23.0 Å². The van der Waals surface area contributed by atoms with Crippen LogP contribution in [0.4, 0.5) is 0 Å². The molecule has 1 saturated carbocycles. The second-order valence-electron chi connectivity index (χ2n) is 5.10. The van der Waals surface area contributed by atoms with E-state index in [1.165, 1.54) is 25.7 Å². The van der Waals surface area contributed by atoms with Gasteiger partial charge < -0.3 is 15.0 Å². The number of nitrogens with one attached hydrogen (secondary N) is 1. The Morgan fingerprint density at radius 3 is 2.74 bits per heavy atom. The summed E-state index contributed by atoms with van der Waals surface area (Å²) in [6.07, 6.45) is 5.11. The van der Waals surface area contributed by atoms with Gasteiger partial charge in [-0.1, -0.05) is 31.0 Å². The van der Waals surface area contributed by atoms with Crippen LogP contribution in [0.1, 0.15) is 31.2 Å². The van der Waals surface area contributed by atoms with Gasteiger partial charge in [-0.15, -0.1) is 0 Å². The maximum absolute atomic E-state index is 5.47. The van der Waals surface area contributed by atoms with Crippen molar-refractivity contribution in [3.63, 3.8) is 0 Å². The Balaban J connectivity index is 1.92. The van der Waals surface area contributed by atoms with Gasteiger partial charge in [0.05, 0.1) is 7.11 Å². The Bertz CT molecular complexity index is 430. The lowest BCUT2D eigenvalue weighted by Gasteiger charge is -2.24. The Hall–Kier alpha value is -1.29. The van der Waals surface area contributed by atoms with E-state index in [2.05, 4.69) is 16.3 Å². The summed E-state index contributed by atoms with van der Waals surface area (Å²) in [5, 5.41) is 4.28. The first-order valence-electron chi connectivity index (χ1n) is 6.84. The average molecular weight is 278 g/mol. The molecule has 1 aromatic carbocycles. The number of ether oxygens (including phenoxy) is 1. The number of hydrogen-bond donors (Lipinski definition) is 1. The normalized spacial score (nSPS) is 15.3. The summed E-state index contributed by atoms with van der Waals surface area (Å²) in [5.41, 5.74) is 1.16. The molecule has 1 fully saturated rings. The molecular weight excluding hydrogens is 256 g/mol. The maximum Gasteiger partial charge on any atom is 0.169 e. The van der Waals surface area contributed by atoms with Crippen LogP contribution in [0.25, 0.3) is 0 Å². The van der Waals surface area contributed by atoms with Crippen molar-refractivity contribution in [2.45, 2.75) is 38.3 Å². The van der Waals surface area contributed by atoms with E-state index < -0.39 is 0 Å². The molecule has 3 nitrogen and oxygen atoms in total. The summed E-state index contributed by atoms with van der Waals surface area (Å²) in [4.78, 5) is 2.07. The van der Waals surface area contributed by atoms with Crippen molar-refractivity contribution < 1.29 is 4.74 Å². The highest BCUT2D eigenvalue weighted by Crippen LogP contribution is 2.20. The molecule has 0 bridgehead atoms. The van der Waals surface area contributed by atoms with Gasteiger partial charge in [0.15, 0.2) is 5.11 Å². The molecule has 0 atom stereocenters. The summed E-state index contributed by atoms with van der Waals surface area (Å²) < 4.78 is 5.37. The van der Waals surface area contributed by atoms with Crippen molar-refractivity contribution >= 4 is 17.3 Å². The molecule has 104 valence electrons. The first kappa shape index (κ1) is 14.1. The SMILES string of the molecule is COc1ccccc1CN(C)C(=S)NC1CCCC1. The number of methoxy groups -OCH3 is 1. The molecular formula is C15H22N2OS. The van der Waals surface area contributed by atoms with Gasteiger partial charge in [-0.25, -0.2) is 0 Å². The van der Waals surface area contributed by atoms with E-state index in [1.54, 1.807) is 7.11 Å². The number of benzene rings is 1. The maximum atomic E-state index is 5.47. The molecule has 19 heavy (non-hydrogen) atoms. The number of para-hydroxylation sites is 1. The molecule has 0 spiro atoms. The van der Waals surface area contributed by atoms with E-state index >= 15 is 0 Å². The predicted octanol–water partition coefficient (Wildman–Crippen LogP) is 2.94. The van der Waals surface area contributed by atoms with Gasteiger partial charge in [0.2, 0.25) is 0 Å². The topological polar surface area (TPSA) is 24.5 Å². The molecule has 0 unspecified atom stereocenters. The minimum atomic E-state index is 0.563. The lowest BCUT2D eigenvalue weighted by atomic mass is 10.2. The van der Waals surface area contributed by atoms with Crippen LogP contribution in [0.3, 0.4) is 0 Å². The van der Waals surface area contributed by atoms with Crippen LogP contribution in [-0.4, -0.2) is 30.2 Å². The molecule has 1 aromatic rings. The average Bonchev–Trinajstić information content (AvgIpc) is 2.92. The first-order chi connectivity index (χ1) is 9.20. The first-order valence-corrected chi connectivity index (χ1v) is 7.25. The fraction of sp³-hybridized carbons (Fsp3) is 0.533. The highest BCUT2D eigenvalue weighted by atomic mass is 32.1. The van der Waals surface area contributed by atoms with Crippen molar-refractivity contribution in [1.82, 2.24) is 10.2 Å². The summed E-state index contributed by atoms with van der Waals surface area (Å²) in [5.74, 6) is 0.915. The number of rotatable bonds is 4. The number of hydrogen-bond acceptors (Lipinski definition) is 2. The van der Waals surface area contributed by atoms with E-state index in [4.69, 9.17) is 17.0 Å². The summed E-state index contributed by atoms with van der Waals surface area (Å²) >= 11 is 5.47. The van der Waals surface area contributed by atoms with Crippen LogP contribution in [0, 0.1) is 0 Å². The highest BCUT2D eigenvalue weighted by molar-refractivity contribution is 7.80. The van der Waals surface area contributed by atoms with Gasteiger partial charge in [-0.2, -0.15) is 0 Å². The Morgan fingerprint density at radius 1 is 1.37 bits per heavy atom. The minimum Gasteiger partial charge on any atom is -0.496 e. The lowest BCUT2D eigenvalue weighted by Crippen LogP contribution is -2.41. The number of thiocarbonyl (C=S) groups is 1. The fourth-order valence-electron chi connectivity index (χ4n) is 2.52. The van der Waals surface area contributed by atoms with Gasteiger partial charge in [-0.3, -0.25) is 0 Å². The van der Waals surface area contributed by atoms with Crippen LogP contribution >= 0.6 is 12.2 Å². The Morgan fingerprint density at radius 2 is 2.05 bits per heavy atom. The second kappa shape index (κ2) is 6.75. The Labute approximate surface area is 120 Å². The molecule has 0 aliphatic heterocycles. The van der Waals surface area contributed by atoms with Crippen molar-refractivity contribution in [3.05, 3.63) is 29.8 Å². The highest BCUT2D eigenvalue weighted by Gasteiger charge is 2.17. The number of nitrogens with zero attached hydrogens (tertiary/aromatic N) is 1. The zero-order valence-corrected chi connectivity index (χ0v) is 12.5. The quantitative estimate of drug-likeness (QED) is 0.856. The molecule has 0 saturated heterocycles. The van der Waals surface area contributed by atoms with Crippen LogP contribution in [0.2, 0.25) is 0 Å². The van der Waals surface area contributed by atoms with Gasteiger partial charge in [0.1, 0.15) is 5.75 Å². The molecule has 0 heterocycles. The summed E-state index contributed by atoms with van der Waals surface area (Å²) in [7, 11) is 3.73. The third-order valence-corrected chi connectivity index (χ3v) is 4.06. The molecule has 1 N–H and O–H groups in total. The molecule has 0 aromatic heterocycles. The zero-order chi connectivity index (χ0) is 13.7. The van der Waals surface area contributed by atoms with Crippen LogP contribution in [0.5, 0.6) is 5.75 Å².